The summed E-state index contributed by atoms with van der Waals surface area (Å²) in [4.78, 5) is 2.40. The summed E-state index contributed by atoms with van der Waals surface area (Å²) in [5.74, 6) is 0. The highest BCUT2D eigenvalue weighted by Crippen LogP contribution is 2.28. The van der Waals surface area contributed by atoms with Crippen LogP contribution in [0.25, 0.3) is 0 Å². The van der Waals surface area contributed by atoms with Gasteiger partial charge in [-0.2, -0.15) is 0 Å². The number of likely N-dealkylation sites (tertiary alicyclic amines) is 1. The van der Waals surface area contributed by atoms with E-state index >= 15 is 0 Å². The zero-order chi connectivity index (χ0) is 13.3. The van der Waals surface area contributed by atoms with Crippen LogP contribution in [0.2, 0.25) is 5.02 Å². The minimum Gasteiger partial charge on any atom is -0.398 e. The van der Waals surface area contributed by atoms with Crippen LogP contribution >= 0.6 is 11.6 Å². The molecular weight excluding hydrogens is 246 g/mol. The Morgan fingerprint density at radius 1 is 1.44 bits per heavy atom. The molecule has 0 spiro atoms. The third kappa shape index (κ3) is 2.90. The van der Waals surface area contributed by atoms with E-state index in [1.807, 2.05) is 12.1 Å². The summed E-state index contributed by atoms with van der Waals surface area (Å²) in [5.41, 5.74) is 8.71. The van der Waals surface area contributed by atoms with Crippen LogP contribution in [-0.4, -0.2) is 30.6 Å². The van der Waals surface area contributed by atoms with E-state index in [9.17, 15) is 0 Å². The van der Waals surface area contributed by atoms with E-state index in [0.29, 0.717) is 22.8 Å². The molecule has 2 unspecified atom stereocenters. The van der Waals surface area contributed by atoms with Gasteiger partial charge in [0.2, 0.25) is 0 Å². The lowest BCUT2D eigenvalue weighted by Gasteiger charge is -2.36. The molecule has 0 radical (unpaired) electrons. The molecule has 1 aliphatic heterocycles. The Hall–Kier alpha value is -0.930. The van der Waals surface area contributed by atoms with Crippen LogP contribution in [0.15, 0.2) is 12.1 Å². The van der Waals surface area contributed by atoms with Crippen molar-refractivity contribution >= 4 is 23.0 Å². The standard InChI is InChI=1S/C14H22ClN3/c1-9-6-13(16)12(15)8-14(9)17-11-4-5-18(3)10(2)7-11/h6,8,10-11,17H,4-5,7,16H2,1-3H3. The number of benzene rings is 1. The minimum atomic E-state index is 0.523. The van der Waals surface area contributed by atoms with Crippen LogP contribution in [0.4, 0.5) is 11.4 Å². The van der Waals surface area contributed by atoms with Gasteiger partial charge in [0.05, 0.1) is 10.7 Å². The monoisotopic (exact) mass is 267 g/mol. The molecule has 100 valence electrons. The first-order chi connectivity index (χ1) is 8.47. The molecule has 1 heterocycles. The zero-order valence-electron chi connectivity index (χ0n) is 11.3. The van der Waals surface area contributed by atoms with Crippen molar-refractivity contribution in [3.63, 3.8) is 0 Å². The first-order valence-electron chi connectivity index (χ1n) is 6.49. The molecule has 18 heavy (non-hydrogen) atoms. The average Bonchev–Trinajstić information content (AvgIpc) is 2.31. The Kier molecular flexibility index (Phi) is 4.03. The number of hydrogen-bond donors (Lipinski definition) is 2. The molecule has 3 N–H and O–H groups in total. The molecule has 1 saturated heterocycles. The van der Waals surface area contributed by atoms with Gasteiger partial charge in [-0.05, 0) is 51.4 Å². The molecule has 1 aromatic carbocycles. The first-order valence-corrected chi connectivity index (χ1v) is 6.87. The van der Waals surface area contributed by atoms with Gasteiger partial charge in [0.25, 0.3) is 0 Å². The van der Waals surface area contributed by atoms with Crippen molar-refractivity contribution in [3.05, 3.63) is 22.7 Å². The topological polar surface area (TPSA) is 41.3 Å². The maximum atomic E-state index is 6.08. The summed E-state index contributed by atoms with van der Waals surface area (Å²) in [5, 5.41) is 4.23. The van der Waals surface area contributed by atoms with Crippen molar-refractivity contribution in [2.24, 2.45) is 0 Å². The molecule has 0 aliphatic carbocycles. The number of nitrogens with two attached hydrogens (primary N) is 1. The van der Waals surface area contributed by atoms with Gasteiger partial charge in [0, 0.05) is 24.3 Å². The largest absolute Gasteiger partial charge is 0.398 e. The highest BCUT2D eigenvalue weighted by Gasteiger charge is 2.22. The van der Waals surface area contributed by atoms with E-state index < -0.39 is 0 Å². The molecule has 0 saturated carbocycles. The highest BCUT2D eigenvalue weighted by molar-refractivity contribution is 6.33. The van der Waals surface area contributed by atoms with Gasteiger partial charge in [-0.1, -0.05) is 11.6 Å². The van der Waals surface area contributed by atoms with Crippen LogP contribution in [0.1, 0.15) is 25.3 Å². The van der Waals surface area contributed by atoms with Crippen LogP contribution in [-0.2, 0) is 0 Å². The second-order valence-corrected chi connectivity index (χ2v) is 5.79. The van der Waals surface area contributed by atoms with E-state index in [4.69, 9.17) is 17.3 Å². The Bertz CT molecular complexity index is 433. The Morgan fingerprint density at radius 2 is 2.17 bits per heavy atom. The minimum absolute atomic E-state index is 0.523. The maximum Gasteiger partial charge on any atom is 0.0656 e. The fraction of sp³-hybridized carbons (Fsp3) is 0.571. The molecule has 0 bridgehead atoms. The molecule has 0 aromatic heterocycles. The van der Waals surface area contributed by atoms with E-state index in [-0.39, 0.29) is 0 Å². The average molecular weight is 268 g/mol. The maximum absolute atomic E-state index is 6.08. The first kappa shape index (κ1) is 13.5. The van der Waals surface area contributed by atoms with Gasteiger partial charge in [-0.25, -0.2) is 0 Å². The van der Waals surface area contributed by atoms with Crippen molar-refractivity contribution in [1.29, 1.82) is 0 Å². The van der Waals surface area contributed by atoms with Crippen molar-refractivity contribution in [1.82, 2.24) is 4.90 Å². The number of hydrogen-bond acceptors (Lipinski definition) is 3. The zero-order valence-corrected chi connectivity index (χ0v) is 12.1. The van der Waals surface area contributed by atoms with E-state index in [1.54, 1.807) is 0 Å². The molecule has 2 rings (SSSR count). The second kappa shape index (κ2) is 5.37. The molecule has 2 atom stereocenters. The summed E-state index contributed by atoms with van der Waals surface area (Å²) in [7, 11) is 2.19. The van der Waals surface area contributed by atoms with Crippen molar-refractivity contribution in [2.75, 3.05) is 24.6 Å². The van der Waals surface area contributed by atoms with Gasteiger partial charge in [-0.3, -0.25) is 0 Å². The van der Waals surface area contributed by atoms with Crippen LogP contribution in [0, 0.1) is 6.92 Å². The third-order valence-corrected chi connectivity index (χ3v) is 4.24. The summed E-state index contributed by atoms with van der Waals surface area (Å²) in [6.07, 6.45) is 2.33. The Morgan fingerprint density at radius 3 is 2.83 bits per heavy atom. The molecule has 1 fully saturated rings. The second-order valence-electron chi connectivity index (χ2n) is 5.38. The molecule has 1 aromatic rings. The fourth-order valence-corrected chi connectivity index (χ4v) is 2.66. The molecule has 3 nitrogen and oxygen atoms in total. The summed E-state index contributed by atoms with van der Waals surface area (Å²) < 4.78 is 0. The SMILES string of the molecule is Cc1cc(N)c(Cl)cc1NC1CCN(C)C(C)C1. The van der Waals surface area contributed by atoms with Crippen LogP contribution in [0.3, 0.4) is 0 Å². The number of nitrogens with one attached hydrogen (secondary N) is 1. The van der Waals surface area contributed by atoms with E-state index in [1.165, 1.54) is 6.42 Å². The highest BCUT2D eigenvalue weighted by atomic mass is 35.5. The normalized spacial score (nSPS) is 25.1. The van der Waals surface area contributed by atoms with Gasteiger partial charge >= 0.3 is 0 Å². The van der Waals surface area contributed by atoms with Gasteiger partial charge < -0.3 is 16.0 Å². The third-order valence-electron chi connectivity index (χ3n) is 3.91. The Balaban J connectivity index is 2.08. The lowest BCUT2D eigenvalue weighted by atomic mass is 9.98. The van der Waals surface area contributed by atoms with Gasteiger partial charge in [-0.15, -0.1) is 0 Å². The van der Waals surface area contributed by atoms with Crippen LogP contribution < -0.4 is 11.1 Å². The molecule has 4 heteroatoms. The van der Waals surface area contributed by atoms with Crippen molar-refractivity contribution < 1.29 is 0 Å². The number of anilines is 2. The molecular formula is C14H22ClN3. The number of halogens is 1. The predicted octanol–water partition coefficient (Wildman–Crippen LogP) is 3.13. The van der Waals surface area contributed by atoms with Crippen molar-refractivity contribution in [2.45, 2.75) is 38.8 Å². The Labute approximate surface area is 114 Å². The van der Waals surface area contributed by atoms with E-state index in [0.717, 1.165) is 24.2 Å². The number of nitrogens with zero attached hydrogens (tertiary/aromatic N) is 1. The number of aryl methyl sites for hydroxylation is 1. The lowest BCUT2D eigenvalue weighted by Crippen LogP contribution is -2.42. The quantitative estimate of drug-likeness (QED) is 0.809. The smallest absolute Gasteiger partial charge is 0.0656 e. The lowest BCUT2D eigenvalue weighted by molar-refractivity contribution is 0.190. The molecule has 1 aliphatic rings. The van der Waals surface area contributed by atoms with Crippen LogP contribution in [0.5, 0.6) is 0 Å². The fourth-order valence-electron chi connectivity index (χ4n) is 2.50. The van der Waals surface area contributed by atoms with E-state index in [2.05, 4.69) is 31.1 Å². The number of rotatable bonds is 2. The molecule has 0 amide bonds. The summed E-state index contributed by atoms with van der Waals surface area (Å²) in [6, 6.07) is 5.02. The number of piperidine rings is 1. The van der Waals surface area contributed by atoms with Gasteiger partial charge in [0.15, 0.2) is 0 Å². The van der Waals surface area contributed by atoms with Crippen molar-refractivity contribution in [3.8, 4) is 0 Å². The summed E-state index contributed by atoms with van der Waals surface area (Å²) >= 11 is 6.08. The van der Waals surface area contributed by atoms with Gasteiger partial charge in [0.1, 0.15) is 0 Å². The predicted molar refractivity (Wildman–Crippen MR) is 79.3 cm³/mol. The summed E-state index contributed by atoms with van der Waals surface area (Å²) in [6.45, 7) is 5.48. The number of nitrogen functional groups attached to an aromatic ring is 1.